The monoisotopic (exact) mass is 370 g/mol. The number of halogens is 1. The zero-order valence-electron chi connectivity index (χ0n) is 14.9. The summed E-state index contributed by atoms with van der Waals surface area (Å²) >= 11 is 0. The molecule has 0 radical (unpaired) electrons. The number of nitrogens with zero attached hydrogens (tertiary/aromatic N) is 1. The van der Waals surface area contributed by atoms with Crippen molar-refractivity contribution in [1.29, 1.82) is 0 Å². The molecule has 0 saturated heterocycles. The Labute approximate surface area is 155 Å². The maximum atomic E-state index is 13.0. The quantitative estimate of drug-likeness (QED) is 0.653. The van der Waals surface area contributed by atoms with Crippen LogP contribution < -0.4 is 10.1 Å². The summed E-state index contributed by atoms with van der Waals surface area (Å²) in [6, 6.07) is 12.6. The van der Waals surface area contributed by atoms with Gasteiger partial charge >= 0.3 is 5.97 Å². The average molecular weight is 370 g/mol. The van der Waals surface area contributed by atoms with E-state index < -0.39 is 12.0 Å². The van der Waals surface area contributed by atoms with Crippen LogP contribution >= 0.6 is 0 Å². The fourth-order valence-corrected chi connectivity index (χ4v) is 2.72. The molecule has 3 aromatic rings. The van der Waals surface area contributed by atoms with Crippen LogP contribution in [0, 0.1) is 5.82 Å². The molecule has 0 spiro atoms. The van der Waals surface area contributed by atoms with Crippen LogP contribution in [-0.4, -0.2) is 23.3 Å². The Morgan fingerprint density at radius 1 is 1.22 bits per heavy atom. The third-order valence-electron chi connectivity index (χ3n) is 4.21. The van der Waals surface area contributed by atoms with Gasteiger partial charge in [0.25, 0.3) is 0 Å². The molecule has 0 bridgehead atoms. The van der Waals surface area contributed by atoms with Crippen molar-refractivity contribution in [3.8, 4) is 17.0 Å². The lowest BCUT2D eigenvalue weighted by molar-refractivity contribution is 0.0694. The first-order valence-corrected chi connectivity index (χ1v) is 8.34. The van der Waals surface area contributed by atoms with Crippen molar-refractivity contribution >= 4 is 5.97 Å². The molecule has 27 heavy (non-hydrogen) atoms. The van der Waals surface area contributed by atoms with Gasteiger partial charge in [-0.15, -0.1) is 0 Å². The van der Waals surface area contributed by atoms with Gasteiger partial charge in [0.05, 0.1) is 13.2 Å². The Bertz CT molecular complexity index is 920. The van der Waals surface area contributed by atoms with Gasteiger partial charge < -0.3 is 19.7 Å². The van der Waals surface area contributed by atoms with Crippen molar-refractivity contribution in [3.63, 3.8) is 0 Å². The predicted octanol–water partition coefficient (Wildman–Crippen LogP) is 4.04. The summed E-state index contributed by atoms with van der Waals surface area (Å²) in [4.78, 5) is 11.8. The van der Waals surface area contributed by atoms with E-state index in [1.165, 1.54) is 12.1 Å². The molecule has 0 saturated carbocycles. The summed E-state index contributed by atoms with van der Waals surface area (Å²) in [5.41, 5.74) is 1.76. The third kappa shape index (κ3) is 4.15. The summed E-state index contributed by atoms with van der Waals surface area (Å²) in [5.74, 6) is -0.532. The molecule has 1 unspecified atom stereocenters. The average Bonchev–Trinajstić information content (AvgIpc) is 3.13. The van der Waals surface area contributed by atoms with Crippen LogP contribution in [0.2, 0.25) is 0 Å². The summed E-state index contributed by atoms with van der Waals surface area (Å²) in [6.07, 6.45) is 0. The standard InChI is InChI=1S/C20H19FN2O4/c1-12(22-11-13-3-7-15(21)8-4-13)19-17(20(24)25)18(23-27-19)14-5-9-16(26-2)10-6-14/h3-10,12,22H,11H2,1-2H3,(H,24,25). The van der Waals surface area contributed by atoms with E-state index in [9.17, 15) is 14.3 Å². The normalized spacial score (nSPS) is 12.0. The van der Waals surface area contributed by atoms with E-state index in [4.69, 9.17) is 9.26 Å². The molecule has 2 aromatic carbocycles. The van der Waals surface area contributed by atoms with Crippen LogP contribution in [-0.2, 0) is 6.54 Å². The number of rotatable bonds is 7. The van der Waals surface area contributed by atoms with Crippen LogP contribution in [0.15, 0.2) is 53.1 Å². The highest BCUT2D eigenvalue weighted by atomic mass is 19.1. The molecule has 1 aromatic heterocycles. The Morgan fingerprint density at radius 3 is 2.48 bits per heavy atom. The molecular formula is C20H19FN2O4. The zero-order chi connectivity index (χ0) is 19.4. The number of ether oxygens (including phenoxy) is 1. The van der Waals surface area contributed by atoms with Crippen molar-refractivity contribution in [2.45, 2.75) is 19.5 Å². The molecule has 3 rings (SSSR count). The van der Waals surface area contributed by atoms with Crippen molar-refractivity contribution in [2.75, 3.05) is 7.11 Å². The second kappa shape index (κ2) is 8.01. The molecule has 0 amide bonds. The minimum atomic E-state index is -1.12. The Morgan fingerprint density at radius 2 is 1.89 bits per heavy atom. The van der Waals surface area contributed by atoms with Gasteiger partial charge in [-0.25, -0.2) is 9.18 Å². The first-order chi connectivity index (χ1) is 13.0. The number of aromatic nitrogens is 1. The van der Waals surface area contributed by atoms with Crippen molar-refractivity contribution in [2.24, 2.45) is 0 Å². The number of benzene rings is 2. The topological polar surface area (TPSA) is 84.6 Å². The number of nitrogens with one attached hydrogen (secondary N) is 1. The van der Waals surface area contributed by atoms with E-state index in [1.807, 2.05) is 0 Å². The van der Waals surface area contributed by atoms with Crippen LogP contribution in [0.3, 0.4) is 0 Å². The fourth-order valence-electron chi connectivity index (χ4n) is 2.72. The van der Waals surface area contributed by atoms with Gasteiger partial charge in [0.1, 0.15) is 22.8 Å². The number of aromatic carboxylic acids is 1. The van der Waals surface area contributed by atoms with Crippen LogP contribution in [0.4, 0.5) is 4.39 Å². The molecule has 2 N–H and O–H groups in total. The van der Waals surface area contributed by atoms with Gasteiger partial charge in [0, 0.05) is 12.1 Å². The van der Waals surface area contributed by atoms with E-state index in [2.05, 4.69) is 10.5 Å². The summed E-state index contributed by atoms with van der Waals surface area (Å²) in [7, 11) is 1.56. The number of carboxylic acid groups (broad SMARTS) is 1. The molecule has 0 fully saturated rings. The van der Waals surface area contributed by atoms with E-state index in [-0.39, 0.29) is 22.8 Å². The van der Waals surface area contributed by atoms with Gasteiger partial charge in [0.15, 0.2) is 5.76 Å². The van der Waals surface area contributed by atoms with E-state index >= 15 is 0 Å². The number of hydrogen-bond acceptors (Lipinski definition) is 5. The van der Waals surface area contributed by atoms with E-state index in [0.29, 0.717) is 17.9 Å². The largest absolute Gasteiger partial charge is 0.497 e. The summed E-state index contributed by atoms with van der Waals surface area (Å²) in [6.45, 7) is 2.22. The van der Waals surface area contributed by atoms with Crippen LogP contribution in [0.1, 0.15) is 34.6 Å². The lowest BCUT2D eigenvalue weighted by Gasteiger charge is -2.12. The van der Waals surface area contributed by atoms with E-state index in [1.54, 1.807) is 50.4 Å². The molecular weight excluding hydrogens is 351 g/mol. The Hall–Kier alpha value is -3.19. The molecule has 0 aliphatic heterocycles. The Kier molecular flexibility index (Phi) is 5.52. The third-order valence-corrected chi connectivity index (χ3v) is 4.21. The van der Waals surface area contributed by atoms with Gasteiger partial charge in [-0.3, -0.25) is 0 Å². The predicted molar refractivity (Wildman–Crippen MR) is 97.1 cm³/mol. The SMILES string of the molecule is COc1ccc(-c2noc(C(C)NCc3ccc(F)cc3)c2C(=O)O)cc1. The Balaban J connectivity index is 1.83. The molecule has 6 nitrogen and oxygen atoms in total. The highest BCUT2D eigenvalue weighted by Crippen LogP contribution is 2.30. The molecule has 7 heteroatoms. The van der Waals surface area contributed by atoms with Crippen molar-refractivity contribution in [3.05, 3.63) is 71.2 Å². The minimum Gasteiger partial charge on any atom is -0.497 e. The van der Waals surface area contributed by atoms with Gasteiger partial charge in [-0.1, -0.05) is 17.3 Å². The first-order valence-electron chi connectivity index (χ1n) is 8.34. The number of carboxylic acids is 1. The van der Waals surface area contributed by atoms with Crippen molar-refractivity contribution in [1.82, 2.24) is 10.5 Å². The number of methoxy groups -OCH3 is 1. The molecule has 1 heterocycles. The smallest absolute Gasteiger partial charge is 0.341 e. The van der Waals surface area contributed by atoms with Gasteiger partial charge in [0.2, 0.25) is 0 Å². The lowest BCUT2D eigenvalue weighted by atomic mass is 10.0. The second-order valence-electron chi connectivity index (χ2n) is 6.03. The fraction of sp³-hybridized carbons (Fsp3) is 0.200. The number of hydrogen-bond donors (Lipinski definition) is 2. The molecule has 1 atom stereocenters. The summed E-state index contributed by atoms with van der Waals surface area (Å²) < 4.78 is 23.5. The molecule has 0 aliphatic rings. The maximum absolute atomic E-state index is 13.0. The van der Waals surface area contributed by atoms with Crippen LogP contribution in [0.5, 0.6) is 5.75 Å². The summed E-state index contributed by atoms with van der Waals surface area (Å²) in [5, 5.41) is 16.8. The minimum absolute atomic E-state index is 0.0132. The second-order valence-corrected chi connectivity index (χ2v) is 6.03. The lowest BCUT2D eigenvalue weighted by Crippen LogP contribution is -2.19. The number of carbonyl (C=O) groups is 1. The molecule has 140 valence electrons. The van der Waals surface area contributed by atoms with Gasteiger partial charge in [-0.2, -0.15) is 0 Å². The zero-order valence-corrected chi connectivity index (χ0v) is 14.9. The van der Waals surface area contributed by atoms with Crippen LogP contribution in [0.25, 0.3) is 11.3 Å². The van der Waals surface area contributed by atoms with Crippen molar-refractivity contribution < 1.29 is 23.6 Å². The first kappa shape index (κ1) is 18.6. The van der Waals surface area contributed by atoms with Gasteiger partial charge in [-0.05, 0) is 48.9 Å². The van der Waals surface area contributed by atoms with E-state index in [0.717, 1.165) is 5.56 Å². The maximum Gasteiger partial charge on any atom is 0.341 e. The highest BCUT2D eigenvalue weighted by molar-refractivity contribution is 5.96. The highest BCUT2D eigenvalue weighted by Gasteiger charge is 2.27. The molecule has 0 aliphatic carbocycles.